The van der Waals surface area contributed by atoms with Gasteiger partial charge in [-0.2, -0.15) is 0 Å². The van der Waals surface area contributed by atoms with Crippen molar-refractivity contribution >= 4 is 21.5 Å². The molecule has 0 aliphatic rings. The van der Waals surface area contributed by atoms with Crippen LogP contribution < -0.4 is 0 Å². The minimum atomic E-state index is 0.0306. The van der Waals surface area contributed by atoms with Gasteiger partial charge in [0.25, 0.3) is 0 Å². The predicted molar refractivity (Wildman–Crippen MR) is 47.1 cm³/mol. The van der Waals surface area contributed by atoms with Crippen molar-refractivity contribution in [2.75, 3.05) is 6.61 Å². The van der Waals surface area contributed by atoms with Crippen molar-refractivity contribution in [1.29, 1.82) is 0 Å². The molecule has 0 N–H and O–H groups in total. The number of hydrogen-bond acceptors (Lipinski definition) is 2. The zero-order valence-electron chi connectivity index (χ0n) is 6.76. The molecule has 0 radical (unpaired) electrons. The summed E-state index contributed by atoms with van der Waals surface area (Å²) < 4.78 is 5.21. The van der Waals surface area contributed by atoms with E-state index < -0.39 is 0 Å². The van der Waals surface area contributed by atoms with Gasteiger partial charge in [-0.15, -0.1) is 9.12 Å². The van der Waals surface area contributed by atoms with Crippen LogP contribution in [0.4, 0.5) is 0 Å². The molecule has 2 atom stereocenters. The van der Waals surface area contributed by atoms with Gasteiger partial charge in [-0.3, -0.25) is 4.79 Å². The van der Waals surface area contributed by atoms with Crippen molar-refractivity contribution in [2.24, 2.45) is 5.92 Å². The summed E-state index contributed by atoms with van der Waals surface area (Å²) in [5.41, 5.74) is 0. The summed E-state index contributed by atoms with van der Waals surface area (Å²) in [6.45, 7) is 6.05. The van der Waals surface area contributed by atoms with E-state index in [0.717, 1.165) is 0 Å². The molecule has 0 fully saturated rings. The molecule has 0 spiro atoms. The van der Waals surface area contributed by atoms with Gasteiger partial charge in [-0.1, -0.05) is 13.7 Å². The maximum absolute atomic E-state index is 10.7. The second kappa shape index (κ2) is 4.87. The molecule has 0 saturated heterocycles. The topological polar surface area (TPSA) is 26.3 Å². The van der Waals surface area contributed by atoms with E-state index in [1.54, 1.807) is 6.92 Å². The van der Waals surface area contributed by atoms with E-state index in [4.69, 9.17) is 4.65 Å². The molecule has 0 aromatic rings. The maximum atomic E-state index is 10.7. The number of ketones is 1. The Kier molecular flexibility index (Phi) is 4.93. The summed E-state index contributed by atoms with van der Waals surface area (Å²) >= 11 is 0. The van der Waals surface area contributed by atoms with Gasteiger partial charge in [0.05, 0.1) is 0 Å². The molecule has 0 aromatic heterocycles. The number of rotatable bonds is 4. The molecule has 0 aliphatic heterocycles. The van der Waals surface area contributed by atoms with Crippen LogP contribution in [0, 0.1) is 5.92 Å². The average Bonchev–Trinajstić information content (AvgIpc) is 1.82. The van der Waals surface area contributed by atoms with Crippen LogP contribution in [-0.2, 0) is 9.45 Å². The first-order chi connectivity index (χ1) is 4.54. The number of carbonyl (C=O) groups excluding carboxylic acids is 1. The smallest absolute Gasteiger partial charge is 0.311 e. The van der Waals surface area contributed by atoms with Crippen molar-refractivity contribution in [2.45, 2.75) is 20.7 Å². The SMILES string of the molecule is CB(P)OCC(C)C(C)=O. The standard InChI is InChI=1S/C6H14BO2P/c1-5(6(2)8)4-9-7(3)10/h5H,4,10H2,1-3H3. The second-order valence-corrected chi connectivity index (χ2v) is 3.49. The van der Waals surface area contributed by atoms with Crippen molar-refractivity contribution in [3.05, 3.63) is 0 Å². The van der Waals surface area contributed by atoms with Crippen LogP contribution in [0.1, 0.15) is 13.8 Å². The van der Waals surface area contributed by atoms with E-state index in [1.807, 2.05) is 13.7 Å². The van der Waals surface area contributed by atoms with Gasteiger partial charge < -0.3 is 4.65 Å². The van der Waals surface area contributed by atoms with Gasteiger partial charge in [-0.05, 0) is 6.92 Å². The third-order valence-electron chi connectivity index (χ3n) is 1.30. The highest BCUT2D eigenvalue weighted by Gasteiger charge is 2.08. The number of Topliss-reactive ketones (excluding diaryl/α,β-unsaturated/α-hetero) is 1. The van der Waals surface area contributed by atoms with Crippen LogP contribution in [0.2, 0.25) is 6.82 Å². The Morgan fingerprint density at radius 1 is 1.80 bits per heavy atom. The van der Waals surface area contributed by atoms with Crippen molar-refractivity contribution in [1.82, 2.24) is 0 Å². The molecule has 0 aromatic carbocycles. The van der Waals surface area contributed by atoms with Crippen LogP contribution in [0.25, 0.3) is 0 Å². The fourth-order valence-corrected chi connectivity index (χ4v) is 0.525. The van der Waals surface area contributed by atoms with Crippen molar-refractivity contribution < 1.29 is 9.45 Å². The summed E-state index contributed by atoms with van der Waals surface area (Å²) in [5.74, 6) is 0.216. The summed E-state index contributed by atoms with van der Waals surface area (Å²) in [6.07, 6.45) is 0. The molecule has 0 rings (SSSR count). The zero-order chi connectivity index (χ0) is 8.15. The van der Waals surface area contributed by atoms with E-state index in [1.165, 1.54) is 0 Å². The quantitative estimate of drug-likeness (QED) is 0.456. The van der Waals surface area contributed by atoms with Gasteiger partial charge in [0.2, 0.25) is 0 Å². The highest BCUT2D eigenvalue weighted by Crippen LogP contribution is 2.01. The molecule has 0 saturated carbocycles. The molecule has 2 nitrogen and oxygen atoms in total. The zero-order valence-corrected chi connectivity index (χ0v) is 7.91. The first-order valence-corrected chi connectivity index (χ1v) is 4.08. The molecule has 10 heavy (non-hydrogen) atoms. The Labute approximate surface area is 65.0 Å². The molecular formula is C6H14BO2P. The van der Waals surface area contributed by atoms with Gasteiger partial charge in [0.15, 0.2) is 0 Å². The minimum Gasteiger partial charge on any atom is -0.431 e. The highest BCUT2D eigenvalue weighted by molar-refractivity contribution is 7.60. The van der Waals surface area contributed by atoms with Crippen LogP contribution in [0.3, 0.4) is 0 Å². The Morgan fingerprint density at radius 3 is 2.60 bits per heavy atom. The van der Waals surface area contributed by atoms with E-state index in [2.05, 4.69) is 9.12 Å². The molecule has 0 heterocycles. The molecule has 0 bridgehead atoms. The normalized spacial score (nSPS) is 12.8. The number of hydrogen-bond donors (Lipinski definition) is 0. The van der Waals surface area contributed by atoms with E-state index in [-0.39, 0.29) is 18.3 Å². The van der Waals surface area contributed by atoms with E-state index >= 15 is 0 Å². The first kappa shape index (κ1) is 10.1. The van der Waals surface area contributed by atoms with Crippen LogP contribution in [-0.4, -0.2) is 19.0 Å². The van der Waals surface area contributed by atoms with Crippen LogP contribution >= 0.6 is 9.12 Å². The minimum absolute atomic E-state index is 0.0306. The Balaban J connectivity index is 3.40. The summed E-state index contributed by atoms with van der Waals surface area (Å²) in [4.78, 5) is 10.7. The largest absolute Gasteiger partial charge is 0.431 e. The Morgan fingerprint density at radius 2 is 2.30 bits per heavy atom. The maximum Gasteiger partial charge on any atom is 0.311 e. The summed E-state index contributed by atoms with van der Waals surface area (Å²) in [7, 11) is 2.52. The van der Waals surface area contributed by atoms with Gasteiger partial charge in [0, 0.05) is 12.5 Å². The van der Waals surface area contributed by atoms with Crippen molar-refractivity contribution in [3.8, 4) is 0 Å². The lowest BCUT2D eigenvalue weighted by Crippen LogP contribution is -2.17. The van der Waals surface area contributed by atoms with E-state index in [9.17, 15) is 4.79 Å². The summed E-state index contributed by atoms with van der Waals surface area (Å²) in [6, 6.07) is 0. The van der Waals surface area contributed by atoms with Crippen molar-refractivity contribution in [3.63, 3.8) is 0 Å². The third kappa shape index (κ3) is 4.95. The molecule has 4 heteroatoms. The summed E-state index contributed by atoms with van der Waals surface area (Å²) in [5, 5.41) is 0. The fourth-order valence-electron chi connectivity index (χ4n) is 0.413. The Bertz CT molecular complexity index is 116. The van der Waals surface area contributed by atoms with Crippen LogP contribution in [0.5, 0.6) is 0 Å². The molecule has 58 valence electrons. The molecule has 0 amide bonds. The number of carbonyl (C=O) groups is 1. The van der Waals surface area contributed by atoms with E-state index in [0.29, 0.717) is 6.61 Å². The second-order valence-electron chi connectivity index (χ2n) is 2.55. The van der Waals surface area contributed by atoms with Crippen LogP contribution in [0.15, 0.2) is 0 Å². The predicted octanol–water partition coefficient (Wildman–Crippen LogP) is 1.22. The first-order valence-electron chi connectivity index (χ1n) is 3.41. The monoisotopic (exact) mass is 160 g/mol. The average molecular weight is 160 g/mol. The van der Waals surface area contributed by atoms with Gasteiger partial charge in [-0.25, -0.2) is 0 Å². The molecule has 2 unspecified atom stereocenters. The van der Waals surface area contributed by atoms with Gasteiger partial charge in [0.1, 0.15) is 5.78 Å². The molecule has 0 aliphatic carbocycles. The fraction of sp³-hybridized carbons (Fsp3) is 0.833. The third-order valence-corrected chi connectivity index (χ3v) is 1.50. The lowest BCUT2D eigenvalue weighted by atomic mass is 10.0. The molecular weight excluding hydrogens is 146 g/mol. The highest BCUT2D eigenvalue weighted by atomic mass is 31.0. The lowest BCUT2D eigenvalue weighted by Gasteiger charge is -2.09. The Hall–Kier alpha value is 0.125. The lowest BCUT2D eigenvalue weighted by molar-refractivity contribution is -0.121. The van der Waals surface area contributed by atoms with Gasteiger partial charge >= 0.3 is 6.64 Å².